The Morgan fingerprint density at radius 3 is 2.31 bits per heavy atom. The molecular formula is C9H9Cl2NO. The van der Waals surface area contributed by atoms with E-state index in [1.54, 1.807) is 25.1 Å². The van der Waals surface area contributed by atoms with Gasteiger partial charge in [-0.3, -0.25) is 0 Å². The fourth-order valence-electron chi connectivity index (χ4n) is 1.03. The van der Waals surface area contributed by atoms with Gasteiger partial charge in [0.1, 0.15) is 7.11 Å². The number of rotatable bonds is 2. The Labute approximate surface area is 87.1 Å². The summed E-state index contributed by atoms with van der Waals surface area (Å²) >= 11 is 11.9. The molecule has 1 aromatic carbocycles. The lowest BCUT2D eigenvalue weighted by atomic mass is 10.1. The number of oxime groups is 1. The highest BCUT2D eigenvalue weighted by Gasteiger charge is 2.08. The van der Waals surface area contributed by atoms with Gasteiger partial charge in [0.25, 0.3) is 0 Å². The second-order valence-corrected chi connectivity index (χ2v) is 3.27. The van der Waals surface area contributed by atoms with Crippen LogP contribution in [-0.2, 0) is 4.84 Å². The lowest BCUT2D eigenvalue weighted by Gasteiger charge is -2.04. The lowest BCUT2D eigenvalue weighted by Crippen LogP contribution is -1.97. The van der Waals surface area contributed by atoms with Crippen molar-refractivity contribution in [3.8, 4) is 0 Å². The van der Waals surface area contributed by atoms with Gasteiger partial charge in [0.15, 0.2) is 0 Å². The van der Waals surface area contributed by atoms with Crippen LogP contribution in [0.3, 0.4) is 0 Å². The van der Waals surface area contributed by atoms with E-state index in [-0.39, 0.29) is 0 Å². The monoisotopic (exact) mass is 217 g/mol. The van der Waals surface area contributed by atoms with Crippen molar-refractivity contribution in [1.82, 2.24) is 0 Å². The predicted molar refractivity (Wildman–Crippen MR) is 55.7 cm³/mol. The second kappa shape index (κ2) is 4.49. The van der Waals surface area contributed by atoms with Crippen molar-refractivity contribution in [3.63, 3.8) is 0 Å². The fraction of sp³-hybridized carbons (Fsp3) is 0.222. The first kappa shape index (κ1) is 10.4. The van der Waals surface area contributed by atoms with Crippen molar-refractivity contribution in [3.05, 3.63) is 33.8 Å². The second-order valence-electron chi connectivity index (χ2n) is 2.46. The van der Waals surface area contributed by atoms with Gasteiger partial charge >= 0.3 is 0 Å². The van der Waals surface area contributed by atoms with Gasteiger partial charge in [-0.2, -0.15) is 0 Å². The molecule has 0 aliphatic heterocycles. The first-order chi connectivity index (χ1) is 6.16. The standard InChI is InChI=1S/C9H9Cl2NO/c1-6(12-13-2)9-7(10)4-3-5-8(9)11/h3-5H,1-2H3/b12-6+. The van der Waals surface area contributed by atoms with E-state index in [0.717, 1.165) is 0 Å². The Balaban J connectivity index is 3.20. The average molecular weight is 218 g/mol. The predicted octanol–water partition coefficient (Wildman–Crippen LogP) is 3.36. The van der Waals surface area contributed by atoms with E-state index in [1.165, 1.54) is 7.11 Å². The molecule has 0 fully saturated rings. The number of hydrogen-bond acceptors (Lipinski definition) is 2. The maximum absolute atomic E-state index is 5.94. The number of nitrogens with zero attached hydrogens (tertiary/aromatic N) is 1. The molecule has 0 saturated carbocycles. The zero-order valence-electron chi connectivity index (χ0n) is 7.34. The largest absolute Gasteiger partial charge is 0.399 e. The summed E-state index contributed by atoms with van der Waals surface area (Å²) < 4.78 is 0. The summed E-state index contributed by atoms with van der Waals surface area (Å²) in [5.41, 5.74) is 1.38. The minimum Gasteiger partial charge on any atom is -0.399 e. The fourth-order valence-corrected chi connectivity index (χ4v) is 1.70. The van der Waals surface area contributed by atoms with Crippen LogP contribution in [0.1, 0.15) is 12.5 Å². The van der Waals surface area contributed by atoms with Crippen molar-refractivity contribution in [2.45, 2.75) is 6.92 Å². The molecule has 0 atom stereocenters. The van der Waals surface area contributed by atoms with Crippen molar-refractivity contribution < 1.29 is 4.84 Å². The summed E-state index contributed by atoms with van der Waals surface area (Å²) in [4.78, 5) is 4.64. The molecule has 0 aliphatic carbocycles. The molecular weight excluding hydrogens is 209 g/mol. The zero-order valence-corrected chi connectivity index (χ0v) is 8.86. The third-order valence-corrected chi connectivity index (χ3v) is 2.18. The van der Waals surface area contributed by atoms with E-state index in [2.05, 4.69) is 9.99 Å². The molecule has 1 aromatic rings. The maximum atomic E-state index is 5.94. The Hall–Kier alpha value is -0.730. The Morgan fingerprint density at radius 1 is 1.31 bits per heavy atom. The summed E-state index contributed by atoms with van der Waals surface area (Å²) in [7, 11) is 1.48. The third-order valence-electron chi connectivity index (χ3n) is 1.55. The molecule has 0 bridgehead atoms. The topological polar surface area (TPSA) is 21.6 Å². The molecule has 0 radical (unpaired) electrons. The van der Waals surface area contributed by atoms with Crippen LogP contribution < -0.4 is 0 Å². The molecule has 2 nitrogen and oxygen atoms in total. The molecule has 0 heterocycles. The molecule has 13 heavy (non-hydrogen) atoms. The van der Waals surface area contributed by atoms with E-state index in [0.29, 0.717) is 21.3 Å². The molecule has 0 spiro atoms. The summed E-state index contributed by atoms with van der Waals surface area (Å²) in [6, 6.07) is 5.31. The van der Waals surface area contributed by atoms with Crippen LogP contribution in [0.5, 0.6) is 0 Å². The summed E-state index contributed by atoms with van der Waals surface area (Å²) in [6.07, 6.45) is 0. The lowest BCUT2D eigenvalue weighted by molar-refractivity contribution is 0.213. The van der Waals surface area contributed by atoms with Crippen molar-refractivity contribution in [2.75, 3.05) is 7.11 Å². The molecule has 0 saturated heterocycles. The van der Waals surface area contributed by atoms with Crippen molar-refractivity contribution >= 4 is 28.9 Å². The Kier molecular flexibility index (Phi) is 3.58. The number of benzene rings is 1. The number of halogens is 2. The van der Waals surface area contributed by atoms with E-state index >= 15 is 0 Å². The first-order valence-electron chi connectivity index (χ1n) is 3.69. The van der Waals surface area contributed by atoms with Crippen LogP contribution in [0.15, 0.2) is 23.4 Å². The third kappa shape index (κ3) is 2.36. The molecule has 0 aliphatic rings. The van der Waals surface area contributed by atoms with Gasteiger partial charge in [0, 0.05) is 5.56 Å². The van der Waals surface area contributed by atoms with Crippen LogP contribution in [0.4, 0.5) is 0 Å². The Morgan fingerprint density at radius 2 is 1.85 bits per heavy atom. The summed E-state index contributed by atoms with van der Waals surface area (Å²) in [5.74, 6) is 0. The molecule has 0 unspecified atom stereocenters. The normalized spacial score (nSPS) is 11.5. The van der Waals surface area contributed by atoms with Crippen LogP contribution in [0, 0.1) is 0 Å². The quantitative estimate of drug-likeness (QED) is 0.550. The maximum Gasteiger partial charge on any atom is 0.106 e. The highest BCUT2D eigenvalue weighted by Crippen LogP contribution is 2.24. The highest BCUT2D eigenvalue weighted by molar-refractivity contribution is 6.40. The minimum atomic E-state index is 0.575. The smallest absolute Gasteiger partial charge is 0.106 e. The van der Waals surface area contributed by atoms with Gasteiger partial charge in [0.05, 0.1) is 15.8 Å². The van der Waals surface area contributed by atoms with E-state index < -0.39 is 0 Å². The summed E-state index contributed by atoms with van der Waals surface area (Å²) in [5, 5.41) is 4.91. The van der Waals surface area contributed by atoms with Gasteiger partial charge in [-0.15, -0.1) is 0 Å². The average Bonchev–Trinajstić information content (AvgIpc) is 2.04. The zero-order chi connectivity index (χ0) is 9.84. The molecule has 0 N–H and O–H groups in total. The van der Waals surface area contributed by atoms with E-state index in [1.807, 2.05) is 0 Å². The molecule has 4 heteroatoms. The van der Waals surface area contributed by atoms with Crippen LogP contribution in [0.25, 0.3) is 0 Å². The SMILES string of the molecule is CO/N=C(\C)c1c(Cl)cccc1Cl. The Bertz CT molecular complexity index is 316. The molecule has 0 aromatic heterocycles. The van der Waals surface area contributed by atoms with Crippen molar-refractivity contribution in [1.29, 1.82) is 0 Å². The summed E-state index contributed by atoms with van der Waals surface area (Å²) in [6.45, 7) is 1.79. The minimum absolute atomic E-state index is 0.575. The number of hydrogen-bond donors (Lipinski definition) is 0. The first-order valence-corrected chi connectivity index (χ1v) is 4.44. The van der Waals surface area contributed by atoms with Gasteiger partial charge in [-0.05, 0) is 19.1 Å². The van der Waals surface area contributed by atoms with Gasteiger partial charge < -0.3 is 4.84 Å². The van der Waals surface area contributed by atoms with Crippen molar-refractivity contribution in [2.24, 2.45) is 5.16 Å². The van der Waals surface area contributed by atoms with Gasteiger partial charge in [-0.25, -0.2) is 0 Å². The van der Waals surface area contributed by atoms with E-state index in [4.69, 9.17) is 23.2 Å². The van der Waals surface area contributed by atoms with Crippen LogP contribution in [-0.4, -0.2) is 12.8 Å². The molecule has 1 rings (SSSR count). The molecule has 70 valence electrons. The van der Waals surface area contributed by atoms with Crippen LogP contribution >= 0.6 is 23.2 Å². The molecule has 0 amide bonds. The van der Waals surface area contributed by atoms with Crippen LogP contribution in [0.2, 0.25) is 10.0 Å². The van der Waals surface area contributed by atoms with Gasteiger partial charge in [-0.1, -0.05) is 34.4 Å². The highest BCUT2D eigenvalue weighted by atomic mass is 35.5. The van der Waals surface area contributed by atoms with Gasteiger partial charge in [0.2, 0.25) is 0 Å². The van der Waals surface area contributed by atoms with E-state index in [9.17, 15) is 0 Å².